The third-order valence-electron chi connectivity index (χ3n) is 8.13. The number of carbonyl (C=O) groups excluding carboxylic acids is 3. The predicted octanol–water partition coefficient (Wildman–Crippen LogP) is 2.70. The number of amidine groups is 1. The van der Waals surface area contributed by atoms with Gasteiger partial charge >= 0.3 is 0 Å². The molecule has 1 aromatic heterocycles. The largest absolute Gasteiger partial charge is 0.494 e. The Morgan fingerprint density at radius 2 is 1.90 bits per heavy atom. The SMILES string of the molecule is N=C(N)c1csc([C@H](NC(=O)[C@@H]2CC3(CN2C(=O)CNC(=O)CCCOc2ccccc2)OCCO3)C2CCCC2)c1. The second kappa shape index (κ2) is 13.7. The maximum Gasteiger partial charge on any atom is 0.243 e. The fourth-order valence-corrected chi connectivity index (χ4v) is 7.01. The van der Waals surface area contributed by atoms with Gasteiger partial charge in [-0.05, 0) is 43.4 Å². The van der Waals surface area contributed by atoms with Gasteiger partial charge in [-0.25, -0.2) is 0 Å². The van der Waals surface area contributed by atoms with Crippen LogP contribution < -0.4 is 21.1 Å². The third-order valence-corrected chi connectivity index (χ3v) is 9.15. The van der Waals surface area contributed by atoms with Gasteiger partial charge in [0.05, 0.1) is 39.0 Å². The van der Waals surface area contributed by atoms with Crippen molar-refractivity contribution >= 4 is 34.9 Å². The summed E-state index contributed by atoms with van der Waals surface area (Å²) in [5.74, 6) is -0.940. The molecule has 0 radical (unpaired) electrons. The number of nitrogens with one attached hydrogen (secondary N) is 3. The highest BCUT2D eigenvalue weighted by atomic mass is 32.1. The summed E-state index contributed by atoms with van der Waals surface area (Å²) in [4.78, 5) is 42.1. The summed E-state index contributed by atoms with van der Waals surface area (Å²) in [6.07, 6.45) is 5.11. The summed E-state index contributed by atoms with van der Waals surface area (Å²) in [5.41, 5.74) is 6.34. The van der Waals surface area contributed by atoms with Crippen molar-refractivity contribution in [3.63, 3.8) is 0 Å². The Bertz CT molecular complexity index is 1260. The number of benzene rings is 1. The van der Waals surface area contributed by atoms with Crippen LogP contribution in [0.1, 0.15) is 61.4 Å². The van der Waals surface area contributed by atoms with Crippen LogP contribution in [0.3, 0.4) is 0 Å². The van der Waals surface area contributed by atoms with Crippen molar-refractivity contribution in [3.05, 3.63) is 52.2 Å². The minimum atomic E-state index is -1.02. The van der Waals surface area contributed by atoms with E-state index in [4.69, 9.17) is 25.4 Å². The number of nitrogens with zero attached hydrogens (tertiary/aromatic N) is 1. The first-order valence-electron chi connectivity index (χ1n) is 14.6. The zero-order chi connectivity index (χ0) is 29.5. The number of likely N-dealkylation sites (tertiary alicyclic amines) is 1. The molecule has 1 saturated carbocycles. The van der Waals surface area contributed by atoms with Gasteiger partial charge in [-0.2, -0.15) is 0 Å². The van der Waals surface area contributed by atoms with E-state index in [1.54, 1.807) is 0 Å². The first-order chi connectivity index (χ1) is 20.3. The van der Waals surface area contributed by atoms with Crippen LogP contribution in [-0.2, 0) is 23.9 Å². The Labute approximate surface area is 249 Å². The van der Waals surface area contributed by atoms with Crippen molar-refractivity contribution in [2.45, 2.75) is 62.8 Å². The number of hydrogen-bond acceptors (Lipinski definition) is 8. The number of thiophene rings is 1. The molecule has 3 fully saturated rings. The Kier molecular flexibility index (Phi) is 9.76. The third kappa shape index (κ3) is 7.29. The van der Waals surface area contributed by atoms with Gasteiger partial charge in [0, 0.05) is 28.7 Å². The molecule has 12 heteroatoms. The van der Waals surface area contributed by atoms with Gasteiger partial charge in [-0.1, -0.05) is 31.0 Å². The Morgan fingerprint density at radius 1 is 1.17 bits per heavy atom. The molecule has 2 aromatic rings. The minimum Gasteiger partial charge on any atom is -0.494 e. The van der Waals surface area contributed by atoms with Crippen LogP contribution in [0.2, 0.25) is 0 Å². The number of carbonyl (C=O) groups is 3. The van der Waals surface area contributed by atoms with E-state index < -0.39 is 11.8 Å². The molecule has 11 nitrogen and oxygen atoms in total. The summed E-state index contributed by atoms with van der Waals surface area (Å²) in [6.45, 7) is 1.07. The second-order valence-corrected chi connectivity index (χ2v) is 12.0. The number of amides is 3. The van der Waals surface area contributed by atoms with Crippen LogP contribution >= 0.6 is 11.3 Å². The molecule has 2 saturated heterocycles. The van der Waals surface area contributed by atoms with E-state index in [2.05, 4.69) is 10.6 Å². The Balaban J connectivity index is 1.20. The first-order valence-corrected chi connectivity index (χ1v) is 15.5. The van der Waals surface area contributed by atoms with E-state index in [0.29, 0.717) is 31.8 Å². The Morgan fingerprint density at radius 3 is 2.60 bits per heavy atom. The highest BCUT2D eigenvalue weighted by Crippen LogP contribution is 2.39. The molecule has 1 spiro atoms. The normalized spacial score (nSPS) is 20.5. The van der Waals surface area contributed by atoms with Crippen LogP contribution in [0.4, 0.5) is 0 Å². The molecule has 226 valence electrons. The number of rotatable bonds is 12. The summed E-state index contributed by atoms with van der Waals surface area (Å²) in [6, 6.07) is 10.2. The van der Waals surface area contributed by atoms with Gasteiger partial charge < -0.3 is 35.5 Å². The van der Waals surface area contributed by atoms with Gasteiger partial charge in [-0.3, -0.25) is 19.8 Å². The molecule has 3 heterocycles. The lowest BCUT2D eigenvalue weighted by molar-refractivity contribution is -0.152. The molecular formula is C30H39N5O6S. The molecule has 2 aliphatic heterocycles. The lowest BCUT2D eigenvalue weighted by atomic mass is 9.95. The smallest absolute Gasteiger partial charge is 0.243 e. The maximum absolute atomic E-state index is 13.8. The highest BCUT2D eigenvalue weighted by molar-refractivity contribution is 7.10. The molecule has 0 bridgehead atoms. The lowest BCUT2D eigenvalue weighted by Gasteiger charge is -2.28. The van der Waals surface area contributed by atoms with Crippen LogP contribution in [-0.4, -0.2) is 73.2 Å². The molecule has 3 aliphatic rings. The lowest BCUT2D eigenvalue weighted by Crippen LogP contribution is -2.50. The number of hydrogen-bond donors (Lipinski definition) is 4. The minimum absolute atomic E-state index is 0.00944. The van der Waals surface area contributed by atoms with Crippen LogP contribution in [0.25, 0.3) is 0 Å². The van der Waals surface area contributed by atoms with Crippen molar-refractivity contribution in [3.8, 4) is 5.75 Å². The number of ether oxygens (including phenoxy) is 3. The highest BCUT2D eigenvalue weighted by Gasteiger charge is 2.52. The standard InChI is InChI=1S/C30H39N5O6S/c31-28(32)21-15-24(42-18-21)27(20-7-4-5-8-20)34-29(38)23-16-30(40-13-14-41-30)19-35(23)26(37)17-33-25(36)11-6-12-39-22-9-2-1-3-10-22/h1-3,9-10,15,18,20,23,27H,4-8,11-14,16-17,19H2,(H3,31,32)(H,33,36)(H,34,38)/t23-,27+/m0/s1. The van der Waals surface area contributed by atoms with Crippen LogP contribution in [0, 0.1) is 11.3 Å². The van der Waals surface area contributed by atoms with Gasteiger partial charge in [0.25, 0.3) is 0 Å². The van der Waals surface area contributed by atoms with Gasteiger partial charge in [0.2, 0.25) is 17.7 Å². The molecule has 1 aliphatic carbocycles. The first kappa shape index (κ1) is 30.0. The fourth-order valence-electron chi connectivity index (χ4n) is 5.96. The number of para-hydroxylation sites is 1. The van der Waals surface area contributed by atoms with Gasteiger partial charge in [0.1, 0.15) is 17.6 Å². The Hall–Kier alpha value is -3.48. The topological polar surface area (TPSA) is 156 Å². The van der Waals surface area contributed by atoms with E-state index in [-0.39, 0.29) is 61.4 Å². The number of nitrogens with two attached hydrogens (primary N) is 1. The average Bonchev–Trinajstić information content (AvgIpc) is 3.82. The van der Waals surface area contributed by atoms with Crippen LogP contribution in [0.15, 0.2) is 41.8 Å². The average molecular weight is 598 g/mol. The van der Waals surface area contributed by atoms with E-state index in [9.17, 15) is 14.4 Å². The summed E-state index contributed by atoms with van der Waals surface area (Å²) >= 11 is 1.48. The van der Waals surface area contributed by atoms with Crippen molar-refractivity contribution in [2.75, 3.05) is 32.9 Å². The number of nitrogen functional groups attached to an aromatic ring is 1. The molecule has 0 unspecified atom stereocenters. The van der Waals surface area contributed by atoms with E-state index in [1.807, 2.05) is 41.8 Å². The molecule has 1 aromatic carbocycles. The zero-order valence-electron chi connectivity index (χ0n) is 23.6. The van der Waals surface area contributed by atoms with Gasteiger partial charge in [-0.15, -0.1) is 11.3 Å². The zero-order valence-corrected chi connectivity index (χ0v) is 24.5. The fraction of sp³-hybridized carbons (Fsp3) is 0.533. The van der Waals surface area contributed by atoms with E-state index >= 15 is 0 Å². The summed E-state index contributed by atoms with van der Waals surface area (Å²) in [5, 5.41) is 15.5. The predicted molar refractivity (Wildman–Crippen MR) is 157 cm³/mol. The van der Waals surface area contributed by atoms with Gasteiger partial charge in [0.15, 0.2) is 5.79 Å². The van der Waals surface area contributed by atoms with Crippen molar-refractivity contribution in [1.82, 2.24) is 15.5 Å². The van der Waals surface area contributed by atoms with E-state index in [0.717, 1.165) is 36.3 Å². The maximum atomic E-state index is 13.8. The molecule has 5 N–H and O–H groups in total. The molecule has 42 heavy (non-hydrogen) atoms. The van der Waals surface area contributed by atoms with Crippen molar-refractivity contribution in [1.29, 1.82) is 5.41 Å². The van der Waals surface area contributed by atoms with E-state index in [1.165, 1.54) is 16.2 Å². The monoisotopic (exact) mass is 597 g/mol. The molecule has 5 rings (SSSR count). The second-order valence-electron chi connectivity index (χ2n) is 11.1. The summed E-state index contributed by atoms with van der Waals surface area (Å²) < 4.78 is 17.4. The molecular weight excluding hydrogens is 558 g/mol. The van der Waals surface area contributed by atoms with Crippen molar-refractivity contribution in [2.24, 2.45) is 11.7 Å². The van der Waals surface area contributed by atoms with Crippen molar-refractivity contribution < 1.29 is 28.6 Å². The van der Waals surface area contributed by atoms with Crippen LogP contribution in [0.5, 0.6) is 5.75 Å². The summed E-state index contributed by atoms with van der Waals surface area (Å²) in [7, 11) is 0. The molecule has 3 amide bonds. The molecule has 2 atom stereocenters. The quantitative estimate of drug-likeness (QED) is 0.167.